The van der Waals surface area contributed by atoms with E-state index in [2.05, 4.69) is 27.8 Å². The summed E-state index contributed by atoms with van der Waals surface area (Å²) in [6, 6.07) is 16.2. The van der Waals surface area contributed by atoms with Crippen molar-refractivity contribution in [2.24, 2.45) is 7.05 Å². The summed E-state index contributed by atoms with van der Waals surface area (Å²) in [7, 11) is 2.02. The molecule has 144 valence electrons. The molecule has 0 aliphatic heterocycles. The summed E-state index contributed by atoms with van der Waals surface area (Å²) < 4.78 is 19.3. The standard InChI is InChI=1S/C22H28N2O3/c1-4-25-15-14-21(26-5-2)17-10-12-18(13-11-17)27-16-22-23-19-8-6-7-9-20(19)24(22)3/h6-13,21H,4-5,14-16H2,1-3H3. The van der Waals surface area contributed by atoms with Gasteiger partial charge in [0.05, 0.1) is 17.1 Å². The van der Waals surface area contributed by atoms with Crippen LogP contribution in [-0.4, -0.2) is 29.4 Å². The molecule has 5 heteroatoms. The Kier molecular flexibility index (Phi) is 6.85. The van der Waals surface area contributed by atoms with Gasteiger partial charge in [0.1, 0.15) is 18.2 Å². The zero-order valence-electron chi connectivity index (χ0n) is 16.4. The fourth-order valence-electron chi connectivity index (χ4n) is 3.13. The fraction of sp³-hybridized carbons (Fsp3) is 0.409. The Bertz CT molecular complexity index is 842. The van der Waals surface area contributed by atoms with Gasteiger partial charge in [-0.15, -0.1) is 0 Å². The Morgan fingerprint density at radius 2 is 1.78 bits per heavy atom. The third-order valence-electron chi connectivity index (χ3n) is 4.60. The molecule has 2 aromatic carbocycles. The first-order valence-corrected chi connectivity index (χ1v) is 9.55. The van der Waals surface area contributed by atoms with Gasteiger partial charge in [-0.3, -0.25) is 0 Å². The summed E-state index contributed by atoms with van der Waals surface area (Å²) in [4.78, 5) is 4.64. The van der Waals surface area contributed by atoms with Crippen molar-refractivity contribution in [1.29, 1.82) is 0 Å². The third kappa shape index (κ3) is 4.87. The predicted molar refractivity (Wildman–Crippen MR) is 107 cm³/mol. The third-order valence-corrected chi connectivity index (χ3v) is 4.60. The number of hydrogen-bond donors (Lipinski definition) is 0. The summed E-state index contributed by atoms with van der Waals surface area (Å²) in [5, 5.41) is 0. The van der Waals surface area contributed by atoms with E-state index in [4.69, 9.17) is 14.2 Å². The van der Waals surface area contributed by atoms with Gasteiger partial charge < -0.3 is 18.8 Å². The first kappa shape index (κ1) is 19.4. The average molecular weight is 368 g/mol. The van der Waals surface area contributed by atoms with Crippen LogP contribution in [0.5, 0.6) is 5.75 Å². The number of para-hydroxylation sites is 2. The number of aryl methyl sites for hydroxylation is 1. The lowest BCUT2D eigenvalue weighted by atomic mass is 10.1. The second-order valence-corrected chi connectivity index (χ2v) is 6.36. The lowest BCUT2D eigenvalue weighted by Gasteiger charge is -2.18. The van der Waals surface area contributed by atoms with E-state index in [1.54, 1.807) is 0 Å². The molecule has 1 aromatic heterocycles. The van der Waals surface area contributed by atoms with Crippen molar-refractivity contribution in [3.8, 4) is 5.75 Å². The Morgan fingerprint density at radius 1 is 1.00 bits per heavy atom. The molecular weight excluding hydrogens is 340 g/mol. The number of rotatable bonds is 10. The van der Waals surface area contributed by atoms with Crippen LogP contribution >= 0.6 is 0 Å². The molecule has 0 aliphatic rings. The van der Waals surface area contributed by atoms with Crippen molar-refractivity contribution in [3.05, 3.63) is 59.9 Å². The molecule has 1 atom stereocenters. The Labute approximate surface area is 160 Å². The molecule has 3 rings (SSSR count). The first-order valence-electron chi connectivity index (χ1n) is 9.55. The van der Waals surface area contributed by atoms with E-state index in [0.29, 0.717) is 19.8 Å². The maximum atomic E-state index is 5.95. The van der Waals surface area contributed by atoms with Crippen LogP contribution in [0.25, 0.3) is 11.0 Å². The molecular formula is C22H28N2O3. The summed E-state index contributed by atoms with van der Waals surface area (Å²) in [5.74, 6) is 1.73. The molecule has 0 N–H and O–H groups in total. The van der Waals surface area contributed by atoms with Crippen LogP contribution in [0.3, 0.4) is 0 Å². The molecule has 3 aromatic rings. The van der Waals surface area contributed by atoms with E-state index in [-0.39, 0.29) is 6.10 Å². The molecule has 0 radical (unpaired) electrons. The number of nitrogens with zero attached hydrogens (tertiary/aromatic N) is 2. The van der Waals surface area contributed by atoms with E-state index < -0.39 is 0 Å². The van der Waals surface area contributed by atoms with Gasteiger partial charge in [0.2, 0.25) is 0 Å². The number of aromatic nitrogens is 2. The zero-order chi connectivity index (χ0) is 19.1. The van der Waals surface area contributed by atoms with Crippen molar-refractivity contribution in [2.75, 3.05) is 19.8 Å². The first-order chi connectivity index (χ1) is 13.2. The smallest absolute Gasteiger partial charge is 0.147 e. The Balaban J connectivity index is 1.63. The van der Waals surface area contributed by atoms with Gasteiger partial charge in [-0.2, -0.15) is 0 Å². The summed E-state index contributed by atoms with van der Waals surface area (Å²) >= 11 is 0. The van der Waals surface area contributed by atoms with Crippen LogP contribution in [-0.2, 0) is 23.1 Å². The molecule has 1 unspecified atom stereocenters. The minimum Gasteiger partial charge on any atom is -0.486 e. The summed E-state index contributed by atoms with van der Waals surface area (Å²) in [6.45, 7) is 6.57. The van der Waals surface area contributed by atoms with Crippen molar-refractivity contribution in [2.45, 2.75) is 33.0 Å². The number of hydrogen-bond acceptors (Lipinski definition) is 4. The molecule has 0 bridgehead atoms. The molecule has 0 fully saturated rings. The topological polar surface area (TPSA) is 45.5 Å². The second-order valence-electron chi connectivity index (χ2n) is 6.36. The van der Waals surface area contributed by atoms with Crippen molar-refractivity contribution in [3.63, 3.8) is 0 Å². The summed E-state index contributed by atoms with van der Waals surface area (Å²) in [5.41, 5.74) is 3.25. The Morgan fingerprint density at radius 3 is 2.48 bits per heavy atom. The SMILES string of the molecule is CCOCCC(OCC)c1ccc(OCc2nc3ccccc3n2C)cc1. The van der Waals surface area contributed by atoms with Crippen LogP contribution in [0.1, 0.15) is 37.8 Å². The molecule has 0 spiro atoms. The highest BCUT2D eigenvalue weighted by Gasteiger charge is 2.12. The van der Waals surface area contributed by atoms with Crippen LogP contribution in [0.15, 0.2) is 48.5 Å². The molecule has 0 saturated carbocycles. The minimum atomic E-state index is 0.0513. The molecule has 0 aliphatic carbocycles. The predicted octanol–water partition coefficient (Wildman–Crippen LogP) is 4.66. The maximum Gasteiger partial charge on any atom is 0.147 e. The van der Waals surface area contributed by atoms with E-state index in [9.17, 15) is 0 Å². The van der Waals surface area contributed by atoms with Crippen LogP contribution in [0.2, 0.25) is 0 Å². The summed E-state index contributed by atoms with van der Waals surface area (Å²) in [6.07, 6.45) is 0.900. The van der Waals surface area contributed by atoms with E-state index >= 15 is 0 Å². The van der Waals surface area contributed by atoms with E-state index in [1.807, 2.05) is 51.2 Å². The molecule has 27 heavy (non-hydrogen) atoms. The normalized spacial score (nSPS) is 12.4. The van der Waals surface area contributed by atoms with Crippen LogP contribution < -0.4 is 4.74 Å². The van der Waals surface area contributed by atoms with Gasteiger partial charge in [-0.25, -0.2) is 4.98 Å². The van der Waals surface area contributed by atoms with Gasteiger partial charge in [-0.05, 0) is 43.7 Å². The number of ether oxygens (including phenoxy) is 3. The van der Waals surface area contributed by atoms with E-state index in [1.165, 1.54) is 0 Å². The van der Waals surface area contributed by atoms with Gasteiger partial charge in [0.15, 0.2) is 0 Å². The van der Waals surface area contributed by atoms with Gasteiger partial charge in [0.25, 0.3) is 0 Å². The molecule has 1 heterocycles. The average Bonchev–Trinajstić information content (AvgIpc) is 3.02. The second kappa shape index (κ2) is 9.53. The lowest BCUT2D eigenvalue weighted by Crippen LogP contribution is -2.08. The fourth-order valence-corrected chi connectivity index (χ4v) is 3.13. The van der Waals surface area contributed by atoms with Gasteiger partial charge in [-0.1, -0.05) is 24.3 Å². The number of benzene rings is 2. The van der Waals surface area contributed by atoms with E-state index in [0.717, 1.165) is 41.2 Å². The molecule has 0 amide bonds. The maximum absolute atomic E-state index is 5.95. The molecule has 5 nitrogen and oxygen atoms in total. The van der Waals surface area contributed by atoms with Gasteiger partial charge >= 0.3 is 0 Å². The highest BCUT2D eigenvalue weighted by Crippen LogP contribution is 2.24. The lowest BCUT2D eigenvalue weighted by molar-refractivity contribution is 0.0288. The van der Waals surface area contributed by atoms with Crippen molar-refractivity contribution < 1.29 is 14.2 Å². The minimum absolute atomic E-state index is 0.0513. The molecule has 0 saturated heterocycles. The highest BCUT2D eigenvalue weighted by atomic mass is 16.5. The van der Waals surface area contributed by atoms with Crippen molar-refractivity contribution in [1.82, 2.24) is 9.55 Å². The zero-order valence-corrected chi connectivity index (χ0v) is 16.4. The quantitative estimate of drug-likeness (QED) is 0.488. The van der Waals surface area contributed by atoms with Crippen LogP contribution in [0, 0.1) is 0 Å². The number of fused-ring (bicyclic) bond motifs is 1. The van der Waals surface area contributed by atoms with Crippen molar-refractivity contribution >= 4 is 11.0 Å². The monoisotopic (exact) mass is 368 g/mol. The van der Waals surface area contributed by atoms with Gasteiger partial charge in [0, 0.05) is 33.3 Å². The van der Waals surface area contributed by atoms with Crippen LogP contribution in [0.4, 0.5) is 0 Å². The highest BCUT2D eigenvalue weighted by molar-refractivity contribution is 5.75. The Hall–Kier alpha value is -2.37. The largest absolute Gasteiger partial charge is 0.486 e. The number of imidazole rings is 1.